The fourth-order valence-electron chi connectivity index (χ4n) is 4.49. The number of carbonyl (C=O) groups excluding carboxylic acids is 2. The van der Waals surface area contributed by atoms with Crippen molar-refractivity contribution in [2.24, 2.45) is 0 Å². The number of carbonyl (C=O) groups is 2. The lowest BCUT2D eigenvalue weighted by Gasteiger charge is -2.29. The highest BCUT2D eigenvalue weighted by Crippen LogP contribution is 2.44. The molecule has 0 aromatic heterocycles. The minimum Gasteiger partial charge on any atom is -0.507 e. The first-order valence-electron chi connectivity index (χ1n) is 12.4. The number of nitrogens with zero attached hydrogens (tertiary/aromatic N) is 2. The maximum atomic E-state index is 13.4. The zero-order valence-corrected chi connectivity index (χ0v) is 21.7. The number of methoxy groups -OCH3 is 1. The molecule has 1 N–H and O–H groups in total. The Labute approximate surface area is 213 Å². The van der Waals surface area contributed by atoms with Crippen molar-refractivity contribution in [1.29, 1.82) is 0 Å². The lowest BCUT2D eigenvalue weighted by molar-refractivity contribution is -0.140. The number of aliphatic hydroxyl groups is 1. The van der Waals surface area contributed by atoms with Crippen molar-refractivity contribution in [1.82, 2.24) is 9.80 Å². The van der Waals surface area contributed by atoms with E-state index in [0.29, 0.717) is 54.7 Å². The third-order valence-electron chi connectivity index (χ3n) is 6.34. The lowest BCUT2D eigenvalue weighted by atomic mass is 9.94. The Balaban J connectivity index is 2.19. The molecule has 1 amide bonds. The molecule has 194 valence electrons. The summed E-state index contributed by atoms with van der Waals surface area (Å²) >= 11 is 0. The Morgan fingerprint density at radius 2 is 1.67 bits per heavy atom. The van der Waals surface area contributed by atoms with Crippen LogP contribution in [0.1, 0.15) is 44.9 Å². The van der Waals surface area contributed by atoms with E-state index in [4.69, 9.17) is 14.2 Å². The Morgan fingerprint density at radius 1 is 0.972 bits per heavy atom. The van der Waals surface area contributed by atoms with Gasteiger partial charge in [0.2, 0.25) is 0 Å². The number of rotatable bonds is 12. The van der Waals surface area contributed by atoms with Gasteiger partial charge in [0, 0.05) is 24.7 Å². The van der Waals surface area contributed by atoms with E-state index in [-0.39, 0.29) is 11.3 Å². The van der Waals surface area contributed by atoms with E-state index in [1.54, 1.807) is 31.4 Å². The molecule has 0 radical (unpaired) electrons. The predicted octanol–water partition coefficient (Wildman–Crippen LogP) is 4.26. The van der Waals surface area contributed by atoms with Crippen molar-refractivity contribution in [2.45, 2.75) is 33.7 Å². The first-order valence-corrected chi connectivity index (χ1v) is 12.4. The lowest BCUT2D eigenvalue weighted by Crippen LogP contribution is -2.38. The summed E-state index contributed by atoms with van der Waals surface area (Å²) in [6.07, 6.45) is 0. The zero-order valence-electron chi connectivity index (χ0n) is 21.7. The molecule has 1 fully saturated rings. The number of para-hydroxylation sites is 1. The maximum Gasteiger partial charge on any atom is 0.295 e. The Kier molecular flexibility index (Phi) is 9.36. The minimum atomic E-state index is -0.808. The van der Waals surface area contributed by atoms with Gasteiger partial charge in [0.25, 0.3) is 11.7 Å². The van der Waals surface area contributed by atoms with Crippen LogP contribution in [0.4, 0.5) is 0 Å². The number of aliphatic hydroxyl groups excluding tert-OH is 1. The van der Waals surface area contributed by atoms with E-state index in [9.17, 15) is 14.7 Å². The van der Waals surface area contributed by atoms with E-state index in [1.807, 2.05) is 32.0 Å². The number of benzene rings is 2. The SMILES string of the molecule is CCOc1ccc(/C(O)=C2\C(=O)C(=O)N(CCN(CC)CC)C2c2ccccc2OC)c(OCC)c1. The summed E-state index contributed by atoms with van der Waals surface area (Å²) in [7, 11) is 1.54. The van der Waals surface area contributed by atoms with Crippen LogP contribution in [0.5, 0.6) is 17.2 Å². The monoisotopic (exact) mass is 496 g/mol. The quantitative estimate of drug-likeness (QED) is 0.267. The van der Waals surface area contributed by atoms with Crippen molar-refractivity contribution in [3.63, 3.8) is 0 Å². The predicted molar refractivity (Wildman–Crippen MR) is 139 cm³/mol. The van der Waals surface area contributed by atoms with Crippen LogP contribution in [0.25, 0.3) is 5.76 Å². The summed E-state index contributed by atoms with van der Waals surface area (Å²) in [6.45, 7) is 11.2. The molecule has 1 heterocycles. The number of Topliss-reactive ketones (excluding diaryl/α,β-unsaturated/α-hetero) is 1. The smallest absolute Gasteiger partial charge is 0.295 e. The van der Waals surface area contributed by atoms with Crippen LogP contribution < -0.4 is 14.2 Å². The fourth-order valence-corrected chi connectivity index (χ4v) is 4.49. The number of hydrogen-bond acceptors (Lipinski definition) is 7. The Hall–Kier alpha value is -3.52. The molecule has 1 saturated heterocycles. The molecule has 3 rings (SSSR count). The number of amides is 1. The van der Waals surface area contributed by atoms with Crippen molar-refractivity contribution in [2.75, 3.05) is 46.5 Å². The third-order valence-corrected chi connectivity index (χ3v) is 6.34. The van der Waals surface area contributed by atoms with Gasteiger partial charge in [0.05, 0.1) is 37.5 Å². The minimum absolute atomic E-state index is 0.00848. The largest absolute Gasteiger partial charge is 0.507 e. The van der Waals surface area contributed by atoms with Crippen LogP contribution in [-0.2, 0) is 9.59 Å². The molecule has 0 bridgehead atoms. The number of ketones is 1. The van der Waals surface area contributed by atoms with Gasteiger partial charge in [-0.25, -0.2) is 0 Å². The summed E-state index contributed by atoms with van der Waals surface area (Å²) < 4.78 is 16.9. The van der Waals surface area contributed by atoms with Gasteiger partial charge in [-0.05, 0) is 45.1 Å². The standard InChI is InChI=1S/C28H36N2O6/c1-6-29(7-2)16-17-30-25(20-12-10-11-13-22(20)34-5)24(27(32)28(30)33)26(31)21-15-14-19(35-8-3)18-23(21)36-9-4/h10-15,18,25,31H,6-9,16-17H2,1-5H3/b26-24+. The van der Waals surface area contributed by atoms with Crippen LogP contribution in [0.15, 0.2) is 48.0 Å². The second-order valence-corrected chi connectivity index (χ2v) is 8.29. The molecular weight excluding hydrogens is 460 g/mol. The summed E-state index contributed by atoms with van der Waals surface area (Å²) in [5, 5.41) is 11.5. The molecule has 1 unspecified atom stereocenters. The highest BCUT2D eigenvalue weighted by Gasteiger charge is 2.47. The molecule has 2 aromatic carbocycles. The Bertz CT molecular complexity index is 1110. The number of hydrogen-bond donors (Lipinski definition) is 1. The molecule has 8 nitrogen and oxygen atoms in total. The topological polar surface area (TPSA) is 88.5 Å². The molecule has 0 saturated carbocycles. The van der Waals surface area contributed by atoms with Crippen molar-refractivity contribution < 1.29 is 28.9 Å². The van der Waals surface area contributed by atoms with Gasteiger partial charge in [0.1, 0.15) is 23.0 Å². The molecule has 1 aliphatic heterocycles. The number of ether oxygens (including phenoxy) is 3. The molecule has 8 heteroatoms. The van der Waals surface area contributed by atoms with Gasteiger partial charge in [-0.3, -0.25) is 9.59 Å². The maximum absolute atomic E-state index is 13.4. The molecule has 36 heavy (non-hydrogen) atoms. The zero-order chi connectivity index (χ0) is 26.2. The highest BCUT2D eigenvalue weighted by atomic mass is 16.5. The van der Waals surface area contributed by atoms with Crippen LogP contribution in [-0.4, -0.2) is 73.1 Å². The van der Waals surface area contributed by atoms with Gasteiger partial charge in [-0.15, -0.1) is 0 Å². The van der Waals surface area contributed by atoms with Crippen LogP contribution in [0.3, 0.4) is 0 Å². The van der Waals surface area contributed by atoms with Crippen molar-refractivity contribution in [3.8, 4) is 17.2 Å². The summed E-state index contributed by atoms with van der Waals surface area (Å²) in [5.74, 6) is -0.198. The van der Waals surface area contributed by atoms with Crippen molar-refractivity contribution >= 4 is 17.4 Å². The molecule has 0 spiro atoms. The van der Waals surface area contributed by atoms with E-state index in [2.05, 4.69) is 18.7 Å². The molecular formula is C28H36N2O6. The average molecular weight is 497 g/mol. The third kappa shape index (κ3) is 5.49. The number of likely N-dealkylation sites (tertiary alicyclic amines) is 1. The van der Waals surface area contributed by atoms with Gasteiger partial charge in [-0.1, -0.05) is 32.0 Å². The fraction of sp³-hybridized carbons (Fsp3) is 0.429. The van der Waals surface area contributed by atoms with Crippen LogP contribution in [0, 0.1) is 0 Å². The first kappa shape index (κ1) is 27.1. The van der Waals surface area contributed by atoms with Gasteiger partial charge < -0.3 is 29.1 Å². The second-order valence-electron chi connectivity index (χ2n) is 8.29. The van der Waals surface area contributed by atoms with Gasteiger partial charge >= 0.3 is 0 Å². The average Bonchev–Trinajstić information content (AvgIpc) is 3.14. The first-order chi connectivity index (χ1) is 17.4. The Morgan fingerprint density at radius 3 is 2.31 bits per heavy atom. The van der Waals surface area contributed by atoms with E-state index in [0.717, 1.165) is 13.1 Å². The van der Waals surface area contributed by atoms with Crippen molar-refractivity contribution in [3.05, 3.63) is 59.2 Å². The second kappa shape index (κ2) is 12.4. The molecule has 1 atom stereocenters. The normalized spacial score (nSPS) is 17.1. The van der Waals surface area contributed by atoms with E-state index < -0.39 is 17.7 Å². The number of likely N-dealkylation sites (N-methyl/N-ethyl adjacent to an activating group) is 1. The van der Waals surface area contributed by atoms with Gasteiger partial charge in [0.15, 0.2) is 0 Å². The summed E-state index contributed by atoms with van der Waals surface area (Å²) in [6, 6.07) is 11.5. The molecule has 1 aliphatic rings. The van der Waals surface area contributed by atoms with Crippen LogP contribution in [0.2, 0.25) is 0 Å². The van der Waals surface area contributed by atoms with Gasteiger partial charge in [-0.2, -0.15) is 0 Å². The van der Waals surface area contributed by atoms with E-state index >= 15 is 0 Å². The summed E-state index contributed by atoms with van der Waals surface area (Å²) in [4.78, 5) is 30.4. The summed E-state index contributed by atoms with van der Waals surface area (Å²) in [5.41, 5.74) is 0.959. The van der Waals surface area contributed by atoms with E-state index in [1.165, 1.54) is 4.90 Å². The van der Waals surface area contributed by atoms with Crippen LogP contribution >= 0.6 is 0 Å². The molecule has 0 aliphatic carbocycles. The highest BCUT2D eigenvalue weighted by molar-refractivity contribution is 6.46. The molecule has 2 aromatic rings.